The van der Waals surface area contributed by atoms with E-state index in [9.17, 15) is 4.79 Å². The van der Waals surface area contributed by atoms with E-state index in [0.717, 1.165) is 62.0 Å². The van der Waals surface area contributed by atoms with E-state index >= 15 is 0 Å². The highest BCUT2D eigenvalue weighted by atomic mass is 32.1. The second-order valence-electron chi connectivity index (χ2n) is 8.93. The van der Waals surface area contributed by atoms with Gasteiger partial charge < -0.3 is 9.80 Å². The average Bonchev–Trinajstić information content (AvgIpc) is 3.29. The molecule has 0 bridgehead atoms. The number of rotatable bonds is 5. The number of carbonyl (C=O) groups is 1. The third-order valence-corrected chi connectivity index (χ3v) is 7.51. The fourth-order valence-electron chi connectivity index (χ4n) is 4.51. The van der Waals surface area contributed by atoms with Crippen molar-refractivity contribution < 1.29 is 4.79 Å². The lowest BCUT2D eigenvalue weighted by molar-refractivity contribution is -0.131. The summed E-state index contributed by atoms with van der Waals surface area (Å²) in [4.78, 5) is 24.5. The zero-order valence-corrected chi connectivity index (χ0v) is 19.5. The van der Waals surface area contributed by atoms with E-state index in [1.165, 1.54) is 16.7 Å². The average molecular weight is 447 g/mol. The summed E-state index contributed by atoms with van der Waals surface area (Å²) in [6.07, 6.45) is 1.31. The number of benzene rings is 2. The number of thiazole rings is 1. The third-order valence-electron chi connectivity index (χ3n) is 6.57. The molecule has 2 aromatic carbocycles. The molecule has 1 amide bonds. The predicted octanol–water partition coefficient (Wildman–Crippen LogP) is 3.68. The Balaban J connectivity index is 1.18. The molecule has 5 rings (SSSR count). The molecule has 0 saturated carbocycles. The van der Waals surface area contributed by atoms with Crippen molar-refractivity contribution in [3.8, 4) is 10.6 Å². The van der Waals surface area contributed by atoms with Gasteiger partial charge in [-0.25, -0.2) is 4.98 Å². The van der Waals surface area contributed by atoms with Crippen molar-refractivity contribution in [3.63, 3.8) is 0 Å². The first kappa shape index (κ1) is 21.3. The number of amides is 1. The van der Waals surface area contributed by atoms with Gasteiger partial charge in [-0.3, -0.25) is 9.69 Å². The van der Waals surface area contributed by atoms with Crippen LogP contribution in [0.15, 0.2) is 53.9 Å². The molecule has 0 atom stereocenters. The van der Waals surface area contributed by atoms with Crippen LogP contribution >= 0.6 is 11.3 Å². The van der Waals surface area contributed by atoms with Crippen molar-refractivity contribution >= 4 is 17.2 Å². The molecule has 32 heavy (non-hydrogen) atoms. The Morgan fingerprint density at radius 1 is 0.969 bits per heavy atom. The van der Waals surface area contributed by atoms with Gasteiger partial charge in [0.25, 0.3) is 0 Å². The number of nitrogens with zero attached hydrogens (tertiary/aromatic N) is 4. The van der Waals surface area contributed by atoms with Gasteiger partial charge >= 0.3 is 0 Å². The summed E-state index contributed by atoms with van der Waals surface area (Å²) in [5.41, 5.74) is 5.97. The van der Waals surface area contributed by atoms with E-state index in [-0.39, 0.29) is 5.91 Å². The Bertz CT molecular complexity index is 1070. The van der Waals surface area contributed by atoms with E-state index in [0.29, 0.717) is 13.0 Å². The first-order chi connectivity index (χ1) is 15.6. The maximum Gasteiger partial charge on any atom is 0.228 e. The summed E-state index contributed by atoms with van der Waals surface area (Å²) in [6, 6.07) is 17.2. The largest absolute Gasteiger partial charge is 0.338 e. The molecule has 0 aliphatic carbocycles. The zero-order chi connectivity index (χ0) is 21.9. The Kier molecular flexibility index (Phi) is 6.35. The molecule has 0 radical (unpaired) electrons. The van der Waals surface area contributed by atoms with Gasteiger partial charge in [-0.05, 0) is 30.2 Å². The molecular formula is C26H30N4OS. The molecular weight excluding hydrogens is 416 g/mol. The Morgan fingerprint density at radius 3 is 2.50 bits per heavy atom. The highest BCUT2D eigenvalue weighted by molar-refractivity contribution is 7.13. The number of likely N-dealkylation sites (N-methyl/N-ethyl adjacent to an activating group) is 1. The van der Waals surface area contributed by atoms with Crippen LogP contribution < -0.4 is 0 Å². The van der Waals surface area contributed by atoms with E-state index in [1.54, 1.807) is 11.3 Å². The Hall–Kier alpha value is -2.54. The van der Waals surface area contributed by atoms with Gasteiger partial charge in [-0.1, -0.05) is 48.5 Å². The minimum absolute atomic E-state index is 0.166. The number of hydrogen-bond acceptors (Lipinski definition) is 5. The lowest BCUT2D eigenvalue weighted by atomic mass is 10.00. The molecule has 6 heteroatoms. The van der Waals surface area contributed by atoms with Gasteiger partial charge in [0.1, 0.15) is 5.01 Å². The van der Waals surface area contributed by atoms with Crippen LogP contribution in [-0.4, -0.2) is 65.4 Å². The molecule has 2 aliphatic heterocycles. The highest BCUT2D eigenvalue weighted by Gasteiger charge is 2.21. The maximum atomic E-state index is 12.9. The normalized spacial score (nSPS) is 17.3. The second-order valence-corrected chi connectivity index (χ2v) is 9.79. The first-order valence-corrected chi connectivity index (χ1v) is 12.3. The van der Waals surface area contributed by atoms with Crippen molar-refractivity contribution in [1.82, 2.24) is 19.7 Å². The van der Waals surface area contributed by atoms with Crippen LogP contribution in [0, 0.1) is 0 Å². The topological polar surface area (TPSA) is 39.7 Å². The standard InChI is InChI=1S/C26H30N4OS/c1-28-12-14-29(15-13-28)17-20-6-8-22(9-7-20)26-27-24(19-32-26)16-25(31)30-11-10-21-4-2-3-5-23(21)18-30/h2-9,19H,10-18H2,1H3. The molecule has 3 heterocycles. The summed E-state index contributed by atoms with van der Waals surface area (Å²) in [5.74, 6) is 0.166. The van der Waals surface area contributed by atoms with Crippen LogP contribution in [-0.2, 0) is 30.7 Å². The van der Waals surface area contributed by atoms with Gasteiger partial charge in [0.05, 0.1) is 12.1 Å². The maximum absolute atomic E-state index is 12.9. The molecule has 0 N–H and O–H groups in total. The summed E-state index contributed by atoms with van der Waals surface area (Å²) in [6.45, 7) is 7.05. The van der Waals surface area contributed by atoms with E-state index in [1.807, 2.05) is 10.3 Å². The summed E-state index contributed by atoms with van der Waals surface area (Å²) in [5, 5.41) is 3.02. The minimum atomic E-state index is 0.166. The quantitative estimate of drug-likeness (QED) is 0.599. The lowest BCUT2D eigenvalue weighted by Crippen LogP contribution is -2.43. The summed E-state index contributed by atoms with van der Waals surface area (Å²) in [7, 11) is 2.19. The number of fused-ring (bicyclic) bond motifs is 1. The molecule has 0 unspecified atom stereocenters. The van der Waals surface area contributed by atoms with E-state index in [4.69, 9.17) is 4.98 Å². The number of aromatic nitrogens is 1. The van der Waals surface area contributed by atoms with Gasteiger partial charge in [-0.15, -0.1) is 11.3 Å². The van der Waals surface area contributed by atoms with Crippen molar-refractivity contribution in [3.05, 3.63) is 76.3 Å². The van der Waals surface area contributed by atoms with Gasteiger partial charge in [0.15, 0.2) is 0 Å². The minimum Gasteiger partial charge on any atom is -0.338 e. The molecule has 1 fully saturated rings. The van der Waals surface area contributed by atoms with Crippen LogP contribution in [0.4, 0.5) is 0 Å². The predicted molar refractivity (Wildman–Crippen MR) is 130 cm³/mol. The smallest absolute Gasteiger partial charge is 0.228 e. The molecule has 1 saturated heterocycles. The Labute approximate surface area is 194 Å². The zero-order valence-electron chi connectivity index (χ0n) is 18.7. The monoisotopic (exact) mass is 446 g/mol. The van der Waals surface area contributed by atoms with E-state index in [2.05, 4.69) is 65.4 Å². The fraction of sp³-hybridized carbons (Fsp3) is 0.385. The van der Waals surface area contributed by atoms with Crippen molar-refractivity contribution in [1.29, 1.82) is 0 Å². The molecule has 1 aromatic heterocycles. The third kappa shape index (κ3) is 4.93. The van der Waals surface area contributed by atoms with Crippen molar-refractivity contribution in [2.45, 2.75) is 25.9 Å². The lowest BCUT2D eigenvalue weighted by Gasteiger charge is -2.32. The van der Waals surface area contributed by atoms with Crippen LogP contribution in [0.25, 0.3) is 10.6 Å². The summed E-state index contributed by atoms with van der Waals surface area (Å²) < 4.78 is 0. The molecule has 5 nitrogen and oxygen atoms in total. The van der Waals surface area contributed by atoms with Gasteiger partial charge in [0, 0.05) is 56.8 Å². The van der Waals surface area contributed by atoms with Crippen molar-refractivity contribution in [2.24, 2.45) is 0 Å². The number of piperazine rings is 1. The molecule has 0 spiro atoms. The van der Waals surface area contributed by atoms with Crippen LogP contribution in [0.5, 0.6) is 0 Å². The highest BCUT2D eigenvalue weighted by Crippen LogP contribution is 2.26. The molecule has 166 valence electrons. The number of hydrogen-bond donors (Lipinski definition) is 0. The fourth-order valence-corrected chi connectivity index (χ4v) is 5.34. The first-order valence-electron chi connectivity index (χ1n) is 11.4. The summed E-state index contributed by atoms with van der Waals surface area (Å²) >= 11 is 1.62. The SMILES string of the molecule is CN1CCN(Cc2ccc(-c3nc(CC(=O)N4CCc5ccccc5C4)cs3)cc2)CC1. The molecule has 3 aromatic rings. The molecule has 2 aliphatic rings. The Morgan fingerprint density at radius 2 is 1.72 bits per heavy atom. The second kappa shape index (κ2) is 9.53. The van der Waals surface area contributed by atoms with Crippen molar-refractivity contribution in [2.75, 3.05) is 39.8 Å². The number of carbonyl (C=O) groups excluding carboxylic acids is 1. The van der Waals surface area contributed by atoms with E-state index < -0.39 is 0 Å². The van der Waals surface area contributed by atoms with Crippen LogP contribution in [0.3, 0.4) is 0 Å². The van der Waals surface area contributed by atoms with Gasteiger partial charge in [0.2, 0.25) is 5.91 Å². The van der Waals surface area contributed by atoms with Crippen LogP contribution in [0.1, 0.15) is 22.4 Å². The van der Waals surface area contributed by atoms with Crippen LogP contribution in [0.2, 0.25) is 0 Å². The van der Waals surface area contributed by atoms with Gasteiger partial charge in [-0.2, -0.15) is 0 Å².